The Labute approximate surface area is 186 Å². The standard InChI is InChI=1S/C22H23ClN4O3S/c1-26(31(29,30)19-11-7-17(23)8-12-19)15-22(28)24-18-9-5-16(6-10-18)20-14-27-13-3-2-4-21(27)25-20/h5-12,14H,2-4,13,15H2,1H3,(H,24,28). The van der Waals surface area contributed by atoms with Gasteiger partial charge in [-0.05, 0) is 49.2 Å². The van der Waals surface area contributed by atoms with E-state index in [1.165, 1.54) is 44.2 Å². The fraction of sp³-hybridized carbons (Fsp3) is 0.273. The molecule has 9 heteroatoms. The lowest BCUT2D eigenvalue weighted by Gasteiger charge is -2.17. The third kappa shape index (κ3) is 4.81. The molecule has 2 heterocycles. The third-order valence-corrected chi connectivity index (χ3v) is 7.33. The molecule has 1 aliphatic heterocycles. The van der Waals surface area contributed by atoms with Crippen molar-refractivity contribution in [2.75, 3.05) is 18.9 Å². The molecule has 0 fully saturated rings. The number of nitrogens with one attached hydrogen (secondary N) is 1. The zero-order valence-electron chi connectivity index (χ0n) is 17.1. The average Bonchev–Trinajstić information content (AvgIpc) is 3.18. The van der Waals surface area contributed by atoms with Crippen LogP contribution in [0, 0.1) is 0 Å². The Balaban J connectivity index is 1.39. The Morgan fingerprint density at radius 2 is 1.84 bits per heavy atom. The highest BCUT2D eigenvalue weighted by Gasteiger charge is 2.23. The fourth-order valence-electron chi connectivity index (χ4n) is 3.55. The van der Waals surface area contributed by atoms with E-state index in [0.717, 1.165) is 34.4 Å². The molecule has 31 heavy (non-hydrogen) atoms. The number of aryl methyl sites for hydroxylation is 2. The number of halogens is 1. The number of nitrogens with zero attached hydrogens (tertiary/aromatic N) is 3. The minimum absolute atomic E-state index is 0.0827. The smallest absolute Gasteiger partial charge is 0.243 e. The maximum Gasteiger partial charge on any atom is 0.243 e. The van der Waals surface area contributed by atoms with Crippen molar-refractivity contribution in [1.29, 1.82) is 0 Å². The maximum atomic E-state index is 12.6. The number of anilines is 1. The lowest BCUT2D eigenvalue weighted by Crippen LogP contribution is -2.34. The molecule has 4 rings (SSSR count). The largest absolute Gasteiger partial charge is 0.334 e. The molecule has 0 radical (unpaired) electrons. The van der Waals surface area contributed by atoms with Crippen molar-refractivity contribution < 1.29 is 13.2 Å². The molecule has 162 valence electrons. The van der Waals surface area contributed by atoms with Crippen molar-refractivity contribution in [3.05, 3.63) is 65.6 Å². The summed E-state index contributed by atoms with van der Waals surface area (Å²) in [6, 6.07) is 13.2. The van der Waals surface area contributed by atoms with Gasteiger partial charge in [0.25, 0.3) is 0 Å². The predicted molar refractivity (Wildman–Crippen MR) is 120 cm³/mol. The summed E-state index contributed by atoms with van der Waals surface area (Å²) in [4.78, 5) is 17.2. The Kier molecular flexibility index (Phi) is 6.13. The lowest BCUT2D eigenvalue weighted by molar-refractivity contribution is -0.116. The van der Waals surface area contributed by atoms with Gasteiger partial charge < -0.3 is 9.88 Å². The molecule has 3 aromatic rings. The van der Waals surface area contributed by atoms with Crippen molar-refractivity contribution in [2.45, 2.75) is 30.7 Å². The molecule has 0 bridgehead atoms. The normalized spacial score (nSPS) is 13.8. The van der Waals surface area contributed by atoms with Crippen LogP contribution in [0.5, 0.6) is 0 Å². The van der Waals surface area contributed by atoms with Gasteiger partial charge >= 0.3 is 0 Å². The highest BCUT2D eigenvalue weighted by atomic mass is 35.5. The zero-order valence-corrected chi connectivity index (χ0v) is 18.7. The number of likely N-dealkylation sites (N-methyl/N-ethyl adjacent to an activating group) is 1. The Hall–Kier alpha value is -2.68. The molecule has 0 atom stereocenters. The van der Waals surface area contributed by atoms with E-state index in [0.29, 0.717) is 10.7 Å². The number of aromatic nitrogens is 2. The topological polar surface area (TPSA) is 84.3 Å². The van der Waals surface area contributed by atoms with Gasteiger partial charge in [-0.3, -0.25) is 4.79 Å². The van der Waals surface area contributed by atoms with E-state index >= 15 is 0 Å². The van der Waals surface area contributed by atoms with Gasteiger partial charge in [-0.2, -0.15) is 4.31 Å². The van der Waals surface area contributed by atoms with E-state index in [1.807, 2.05) is 12.1 Å². The van der Waals surface area contributed by atoms with Crippen LogP contribution in [0.25, 0.3) is 11.3 Å². The van der Waals surface area contributed by atoms with E-state index in [-0.39, 0.29) is 11.4 Å². The lowest BCUT2D eigenvalue weighted by atomic mass is 10.1. The van der Waals surface area contributed by atoms with E-state index < -0.39 is 15.9 Å². The summed E-state index contributed by atoms with van der Waals surface area (Å²) in [7, 11) is -2.42. The van der Waals surface area contributed by atoms with E-state index in [2.05, 4.69) is 16.1 Å². The van der Waals surface area contributed by atoms with Crippen LogP contribution in [0.15, 0.2) is 59.6 Å². The second-order valence-corrected chi connectivity index (χ2v) is 10.0. The minimum Gasteiger partial charge on any atom is -0.334 e. The second kappa shape index (κ2) is 8.82. The van der Waals surface area contributed by atoms with Crippen LogP contribution >= 0.6 is 11.6 Å². The SMILES string of the molecule is CN(CC(=O)Nc1ccc(-c2cn3c(n2)CCCC3)cc1)S(=O)(=O)c1ccc(Cl)cc1. The van der Waals surface area contributed by atoms with Crippen molar-refractivity contribution in [1.82, 2.24) is 13.9 Å². The van der Waals surface area contributed by atoms with E-state index in [1.54, 1.807) is 12.1 Å². The summed E-state index contributed by atoms with van der Waals surface area (Å²) in [5, 5.41) is 3.18. The van der Waals surface area contributed by atoms with Crippen LogP contribution in [-0.4, -0.2) is 41.8 Å². The van der Waals surface area contributed by atoms with Gasteiger partial charge in [0.2, 0.25) is 15.9 Å². The van der Waals surface area contributed by atoms with Gasteiger partial charge in [0.1, 0.15) is 5.82 Å². The Bertz CT molecular complexity index is 1160. The van der Waals surface area contributed by atoms with Crippen LogP contribution in [0.2, 0.25) is 5.02 Å². The van der Waals surface area contributed by atoms with Crippen LogP contribution in [0.3, 0.4) is 0 Å². The quantitative estimate of drug-likeness (QED) is 0.609. The Morgan fingerprint density at radius 1 is 1.13 bits per heavy atom. The van der Waals surface area contributed by atoms with Crippen molar-refractivity contribution in [3.63, 3.8) is 0 Å². The third-order valence-electron chi connectivity index (χ3n) is 5.26. The number of sulfonamides is 1. The first kappa shape index (κ1) is 21.5. The summed E-state index contributed by atoms with van der Waals surface area (Å²) in [5.41, 5.74) is 2.49. The number of rotatable bonds is 6. The van der Waals surface area contributed by atoms with Crippen molar-refractivity contribution in [2.24, 2.45) is 0 Å². The van der Waals surface area contributed by atoms with Crippen LogP contribution in [0.1, 0.15) is 18.7 Å². The number of benzene rings is 2. The molecular weight excluding hydrogens is 436 g/mol. The van der Waals surface area contributed by atoms with Gasteiger partial charge in [0, 0.05) is 42.5 Å². The number of carbonyl (C=O) groups excluding carboxylic acids is 1. The van der Waals surface area contributed by atoms with E-state index in [9.17, 15) is 13.2 Å². The van der Waals surface area contributed by atoms with Crippen LogP contribution in [0.4, 0.5) is 5.69 Å². The highest BCUT2D eigenvalue weighted by molar-refractivity contribution is 7.89. The van der Waals surface area contributed by atoms with Crippen LogP contribution in [-0.2, 0) is 27.8 Å². The number of hydrogen-bond donors (Lipinski definition) is 1. The summed E-state index contributed by atoms with van der Waals surface area (Å²) >= 11 is 5.81. The van der Waals surface area contributed by atoms with Crippen molar-refractivity contribution >= 4 is 33.2 Å². The number of amides is 1. The summed E-state index contributed by atoms with van der Waals surface area (Å²) in [6.45, 7) is 0.698. The van der Waals surface area contributed by atoms with Crippen LogP contribution < -0.4 is 5.32 Å². The molecule has 0 aliphatic carbocycles. The van der Waals surface area contributed by atoms with Gasteiger partial charge in [-0.1, -0.05) is 23.7 Å². The molecule has 1 aromatic heterocycles. The maximum absolute atomic E-state index is 12.6. The molecule has 0 spiro atoms. The summed E-state index contributed by atoms with van der Waals surface area (Å²) in [6.07, 6.45) is 5.42. The Morgan fingerprint density at radius 3 is 2.52 bits per heavy atom. The number of fused-ring (bicyclic) bond motifs is 1. The molecule has 0 unspecified atom stereocenters. The first-order valence-electron chi connectivity index (χ1n) is 10.0. The average molecular weight is 459 g/mol. The molecule has 2 aromatic carbocycles. The van der Waals surface area contributed by atoms with Gasteiger partial charge in [-0.25, -0.2) is 13.4 Å². The molecule has 1 aliphatic rings. The van der Waals surface area contributed by atoms with Crippen molar-refractivity contribution in [3.8, 4) is 11.3 Å². The number of imidazole rings is 1. The molecule has 0 saturated heterocycles. The fourth-order valence-corrected chi connectivity index (χ4v) is 4.80. The molecule has 7 nitrogen and oxygen atoms in total. The first-order chi connectivity index (χ1) is 14.8. The summed E-state index contributed by atoms with van der Waals surface area (Å²) < 4.78 is 28.4. The van der Waals surface area contributed by atoms with Gasteiger partial charge in [0.15, 0.2) is 0 Å². The monoisotopic (exact) mass is 458 g/mol. The minimum atomic E-state index is -3.78. The molecule has 0 saturated carbocycles. The first-order valence-corrected chi connectivity index (χ1v) is 11.8. The van der Waals surface area contributed by atoms with Gasteiger partial charge in [0.05, 0.1) is 17.1 Å². The highest BCUT2D eigenvalue weighted by Crippen LogP contribution is 2.24. The van der Waals surface area contributed by atoms with E-state index in [4.69, 9.17) is 16.6 Å². The van der Waals surface area contributed by atoms with Gasteiger partial charge in [-0.15, -0.1) is 0 Å². The number of hydrogen-bond acceptors (Lipinski definition) is 4. The molecular formula is C22H23ClN4O3S. The molecule has 1 amide bonds. The second-order valence-electron chi connectivity index (χ2n) is 7.53. The summed E-state index contributed by atoms with van der Waals surface area (Å²) in [5.74, 6) is 0.689. The predicted octanol–water partition coefficient (Wildman–Crippen LogP) is 3.80. The molecule has 1 N–H and O–H groups in total. The number of carbonyl (C=O) groups is 1. The zero-order chi connectivity index (χ0) is 22.0.